The average molecular weight is 356 g/mol. The van der Waals surface area contributed by atoms with E-state index in [0.717, 1.165) is 18.9 Å². The molecule has 0 saturated carbocycles. The summed E-state index contributed by atoms with van der Waals surface area (Å²) in [5.41, 5.74) is 0.874. The molecule has 0 bridgehead atoms. The van der Waals surface area contributed by atoms with E-state index < -0.39 is 11.7 Å². The van der Waals surface area contributed by atoms with E-state index in [1.165, 1.54) is 43.5 Å². The van der Waals surface area contributed by atoms with Gasteiger partial charge in [0.2, 0.25) is 5.91 Å². The van der Waals surface area contributed by atoms with Crippen LogP contribution in [-0.4, -0.2) is 36.4 Å². The van der Waals surface area contributed by atoms with Gasteiger partial charge in [0.1, 0.15) is 11.6 Å². The Labute approximate surface area is 151 Å². The number of carbonyl (C=O) groups excluding carboxylic acids is 2. The highest BCUT2D eigenvalue weighted by molar-refractivity contribution is 5.99. The molecule has 2 heterocycles. The summed E-state index contributed by atoms with van der Waals surface area (Å²) in [6, 6.07) is 8.82. The molecule has 1 aromatic heterocycles. The Bertz CT molecular complexity index is 756. The Balaban J connectivity index is 1.48. The first-order chi connectivity index (χ1) is 12.6. The Kier molecular flexibility index (Phi) is 5.78. The zero-order chi connectivity index (χ0) is 18.4. The van der Waals surface area contributed by atoms with Gasteiger partial charge < -0.3 is 15.5 Å². The van der Waals surface area contributed by atoms with Gasteiger partial charge in [-0.2, -0.15) is 0 Å². The predicted molar refractivity (Wildman–Crippen MR) is 97.7 cm³/mol. The Morgan fingerprint density at radius 3 is 2.42 bits per heavy atom. The van der Waals surface area contributed by atoms with E-state index >= 15 is 0 Å². The fourth-order valence-corrected chi connectivity index (χ4v) is 2.84. The summed E-state index contributed by atoms with van der Waals surface area (Å²) < 4.78 is 12.8. The van der Waals surface area contributed by atoms with Crippen LogP contribution in [0.1, 0.15) is 29.6 Å². The van der Waals surface area contributed by atoms with E-state index in [2.05, 4.69) is 20.5 Å². The zero-order valence-electron chi connectivity index (χ0n) is 14.4. The Morgan fingerprint density at radius 1 is 1.04 bits per heavy atom. The number of carbonyl (C=O) groups is 2. The van der Waals surface area contributed by atoms with Crippen LogP contribution in [-0.2, 0) is 4.79 Å². The Morgan fingerprint density at radius 2 is 1.77 bits per heavy atom. The number of nitrogens with zero attached hydrogens (tertiary/aromatic N) is 2. The number of nitrogens with one attached hydrogen (secondary N) is 2. The van der Waals surface area contributed by atoms with Crippen LogP contribution in [0.15, 0.2) is 42.6 Å². The van der Waals surface area contributed by atoms with Crippen molar-refractivity contribution >= 4 is 23.3 Å². The lowest BCUT2D eigenvalue weighted by molar-refractivity contribution is -0.115. The highest BCUT2D eigenvalue weighted by atomic mass is 19.1. The fourth-order valence-electron chi connectivity index (χ4n) is 2.84. The van der Waals surface area contributed by atoms with Crippen molar-refractivity contribution in [2.75, 3.05) is 29.9 Å². The minimum Gasteiger partial charge on any atom is -0.357 e. The number of hydrogen-bond acceptors (Lipinski definition) is 4. The maximum absolute atomic E-state index is 12.8. The molecule has 7 heteroatoms. The molecule has 1 aromatic carbocycles. The highest BCUT2D eigenvalue weighted by Gasteiger charge is 2.12. The number of halogens is 1. The first-order valence-corrected chi connectivity index (χ1v) is 8.66. The summed E-state index contributed by atoms with van der Waals surface area (Å²) >= 11 is 0. The lowest BCUT2D eigenvalue weighted by Crippen LogP contribution is -2.33. The van der Waals surface area contributed by atoms with Gasteiger partial charge in [0.25, 0.3) is 5.91 Å². The topological polar surface area (TPSA) is 74.3 Å². The summed E-state index contributed by atoms with van der Waals surface area (Å²) in [5, 5.41) is 5.19. The number of hydrogen-bond donors (Lipinski definition) is 2. The van der Waals surface area contributed by atoms with Gasteiger partial charge in [0.05, 0.1) is 18.4 Å². The van der Waals surface area contributed by atoms with Gasteiger partial charge in [-0.1, -0.05) is 0 Å². The normalized spacial score (nSPS) is 14.0. The number of aromatic nitrogens is 1. The third kappa shape index (κ3) is 4.78. The number of benzene rings is 1. The number of rotatable bonds is 5. The summed E-state index contributed by atoms with van der Waals surface area (Å²) in [7, 11) is 0. The first kappa shape index (κ1) is 17.8. The van der Waals surface area contributed by atoms with Crippen LogP contribution in [0.2, 0.25) is 0 Å². The lowest BCUT2D eigenvalue weighted by Gasteiger charge is -2.27. The van der Waals surface area contributed by atoms with Gasteiger partial charge in [-0.15, -0.1) is 0 Å². The van der Waals surface area contributed by atoms with Crippen molar-refractivity contribution < 1.29 is 14.0 Å². The van der Waals surface area contributed by atoms with E-state index in [4.69, 9.17) is 0 Å². The maximum atomic E-state index is 12.8. The van der Waals surface area contributed by atoms with E-state index in [1.54, 1.807) is 12.3 Å². The molecule has 1 fully saturated rings. The van der Waals surface area contributed by atoms with E-state index in [-0.39, 0.29) is 12.5 Å². The second-order valence-electron chi connectivity index (χ2n) is 6.19. The van der Waals surface area contributed by atoms with E-state index in [1.807, 2.05) is 6.07 Å². The molecule has 0 aliphatic carbocycles. The lowest BCUT2D eigenvalue weighted by atomic mass is 10.1. The van der Waals surface area contributed by atoms with Crippen LogP contribution >= 0.6 is 0 Å². The van der Waals surface area contributed by atoms with Crippen LogP contribution in [0.4, 0.5) is 15.9 Å². The van der Waals surface area contributed by atoms with Gasteiger partial charge in [-0.05, 0) is 55.7 Å². The van der Waals surface area contributed by atoms with Crippen LogP contribution < -0.4 is 15.5 Å². The fraction of sp³-hybridized carbons (Fsp3) is 0.316. The summed E-state index contributed by atoms with van der Waals surface area (Å²) in [6.45, 7) is 1.84. The molecule has 1 aliphatic rings. The minimum atomic E-state index is -0.432. The van der Waals surface area contributed by atoms with Crippen LogP contribution in [0.5, 0.6) is 0 Å². The minimum absolute atomic E-state index is 0.177. The molecule has 2 aromatic rings. The highest BCUT2D eigenvalue weighted by Crippen LogP contribution is 2.18. The van der Waals surface area contributed by atoms with E-state index in [0.29, 0.717) is 11.3 Å². The van der Waals surface area contributed by atoms with Gasteiger partial charge in [-0.3, -0.25) is 9.59 Å². The molecule has 0 spiro atoms. The monoisotopic (exact) mass is 356 g/mol. The summed E-state index contributed by atoms with van der Waals surface area (Å²) in [6.07, 6.45) is 5.22. The number of piperidine rings is 1. The van der Waals surface area contributed by atoms with Crippen LogP contribution in [0.3, 0.4) is 0 Å². The van der Waals surface area contributed by atoms with Crippen molar-refractivity contribution in [2.24, 2.45) is 0 Å². The molecular weight excluding hydrogens is 335 g/mol. The number of amides is 2. The molecule has 0 unspecified atom stereocenters. The molecule has 136 valence electrons. The molecule has 26 heavy (non-hydrogen) atoms. The molecule has 2 amide bonds. The van der Waals surface area contributed by atoms with Gasteiger partial charge in [-0.25, -0.2) is 9.37 Å². The van der Waals surface area contributed by atoms with Gasteiger partial charge >= 0.3 is 0 Å². The quantitative estimate of drug-likeness (QED) is 0.864. The number of anilines is 2. The van der Waals surface area contributed by atoms with Gasteiger partial charge in [0.15, 0.2) is 0 Å². The van der Waals surface area contributed by atoms with Crippen molar-refractivity contribution in [1.29, 1.82) is 0 Å². The predicted octanol–water partition coefficient (Wildman–Crippen LogP) is 2.58. The smallest absolute Gasteiger partial charge is 0.251 e. The van der Waals surface area contributed by atoms with Crippen molar-refractivity contribution in [1.82, 2.24) is 10.3 Å². The van der Waals surface area contributed by atoms with Crippen LogP contribution in [0.25, 0.3) is 0 Å². The maximum Gasteiger partial charge on any atom is 0.251 e. The molecule has 1 saturated heterocycles. The van der Waals surface area contributed by atoms with Crippen molar-refractivity contribution in [3.8, 4) is 0 Å². The SMILES string of the molecule is O=C(CNC(=O)c1ccc(F)cc1)Nc1ccc(N2CCCCC2)nc1. The summed E-state index contributed by atoms with van der Waals surface area (Å²) in [4.78, 5) is 30.5. The molecule has 3 rings (SSSR count). The largest absolute Gasteiger partial charge is 0.357 e. The molecule has 6 nitrogen and oxygen atoms in total. The van der Waals surface area contributed by atoms with Gasteiger partial charge in [0, 0.05) is 18.7 Å². The van der Waals surface area contributed by atoms with Crippen molar-refractivity contribution in [3.63, 3.8) is 0 Å². The molecule has 2 N–H and O–H groups in total. The first-order valence-electron chi connectivity index (χ1n) is 8.66. The third-order valence-electron chi connectivity index (χ3n) is 4.23. The Hall–Kier alpha value is -2.96. The van der Waals surface area contributed by atoms with E-state index in [9.17, 15) is 14.0 Å². The second kappa shape index (κ2) is 8.42. The zero-order valence-corrected chi connectivity index (χ0v) is 14.4. The molecule has 0 radical (unpaired) electrons. The molecule has 1 aliphatic heterocycles. The summed E-state index contributed by atoms with van der Waals surface area (Å²) in [5.74, 6) is -0.293. The second-order valence-corrected chi connectivity index (χ2v) is 6.19. The van der Waals surface area contributed by atoms with Crippen LogP contribution in [0, 0.1) is 5.82 Å². The van der Waals surface area contributed by atoms with Crippen molar-refractivity contribution in [3.05, 3.63) is 54.0 Å². The molecular formula is C19H21FN4O2. The number of pyridine rings is 1. The van der Waals surface area contributed by atoms with Crippen molar-refractivity contribution in [2.45, 2.75) is 19.3 Å². The standard InChI is InChI=1S/C19H21FN4O2/c20-15-6-4-14(5-7-15)19(26)22-13-18(25)23-16-8-9-17(21-12-16)24-10-2-1-3-11-24/h4-9,12H,1-3,10-11,13H2,(H,22,26)(H,23,25). The third-order valence-corrected chi connectivity index (χ3v) is 4.23. The average Bonchev–Trinajstić information content (AvgIpc) is 2.68. The molecule has 0 atom stereocenters.